The maximum atomic E-state index is 11.6. The fraction of sp³-hybridized carbons (Fsp3) is 0.750. The zero-order valence-electron chi connectivity index (χ0n) is 10.8. The summed E-state index contributed by atoms with van der Waals surface area (Å²) in [6.07, 6.45) is 0.300. The van der Waals surface area contributed by atoms with E-state index >= 15 is 0 Å². The van der Waals surface area contributed by atoms with Gasteiger partial charge in [0.25, 0.3) is 0 Å². The van der Waals surface area contributed by atoms with Crippen molar-refractivity contribution in [3.8, 4) is 0 Å². The smallest absolute Gasteiger partial charge is 0.308 e. The Morgan fingerprint density at radius 3 is 2.41 bits per heavy atom. The molecule has 0 aromatic rings. The van der Waals surface area contributed by atoms with E-state index in [0.717, 1.165) is 4.90 Å². The van der Waals surface area contributed by atoms with Gasteiger partial charge in [0.1, 0.15) is 5.60 Å². The van der Waals surface area contributed by atoms with E-state index in [4.69, 9.17) is 4.74 Å². The topological polar surface area (TPSA) is 63.7 Å². The molecule has 1 unspecified atom stereocenters. The van der Waals surface area contributed by atoms with E-state index in [-0.39, 0.29) is 37.1 Å². The number of hydrogen-bond donors (Lipinski definition) is 0. The second kappa shape index (κ2) is 4.85. The minimum atomic E-state index is -0.538. The van der Waals surface area contributed by atoms with Gasteiger partial charge in [0.05, 0.1) is 6.42 Å². The van der Waals surface area contributed by atoms with Gasteiger partial charge >= 0.3 is 5.97 Å². The second-order valence-electron chi connectivity index (χ2n) is 5.33. The zero-order valence-corrected chi connectivity index (χ0v) is 10.8. The van der Waals surface area contributed by atoms with Gasteiger partial charge in [-0.25, -0.2) is 0 Å². The number of esters is 1. The molecule has 2 amide bonds. The molecule has 1 heterocycles. The number of amides is 2. The largest absolute Gasteiger partial charge is 0.460 e. The van der Waals surface area contributed by atoms with Gasteiger partial charge in [-0.05, 0) is 20.8 Å². The van der Waals surface area contributed by atoms with Crippen LogP contribution in [0.1, 0.15) is 40.5 Å². The van der Waals surface area contributed by atoms with Crippen molar-refractivity contribution in [2.45, 2.75) is 46.1 Å². The quantitative estimate of drug-likeness (QED) is 0.548. The summed E-state index contributed by atoms with van der Waals surface area (Å²) in [5.41, 5.74) is -0.538. The molecule has 1 aliphatic rings. The van der Waals surface area contributed by atoms with Crippen LogP contribution in [0.2, 0.25) is 0 Å². The molecule has 5 heteroatoms. The van der Waals surface area contributed by atoms with Crippen LogP contribution in [0.15, 0.2) is 0 Å². The molecule has 1 rings (SSSR count). The van der Waals surface area contributed by atoms with E-state index in [9.17, 15) is 14.4 Å². The van der Waals surface area contributed by atoms with E-state index in [1.807, 2.05) is 0 Å². The van der Waals surface area contributed by atoms with Crippen LogP contribution in [-0.2, 0) is 19.1 Å². The van der Waals surface area contributed by atoms with Gasteiger partial charge in [-0.15, -0.1) is 0 Å². The number of imide groups is 1. The Hall–Kier alpha value is -1.39. The Bertz CT molecular complexity index is 343. The molecule has 0 saturated carbocycles. The van der Waals surface area contributed by atoms with Gasteiger partial charge in [0.2, 0.25) is 11.8 Å². The highest BCUT2D eigenvalue weighted by atomic mass is 16.6. The van der Waals surface area contributed by atoms with Crippen LogP contribution in [0.5, 0.6) is 0 Å². The Kier molecular flexibility index (Phi) is 3.91. The first kappa shape index (κ1) is 13.7. The lowest BCUT2D eigenvalue weighted by Crippen LogP contribution is -2.34. The average molecular weight is 241 g/mol. The average Bonchev–Trinajstić information content (AvgIpc) is 2.36. The Morgan fingerprint density at radius 2 is 2.00 bits per heavy atom. The number of ether oxygens (including phenoxy) is 1. The van der Waals surface area contributed by atoms with E-state index in [1.54, 1.807) is 27.7 Å². The summed E-state index contributed by atoms with van der Waals surface area (Å²) >= 11 is 0. The first-order chi connectivity index (χ1) is 7.70. The molecule has 1 fully saturated rings. The van der Waals surface area contributed by atoms with E-state index in [0.29, 0.717) is 0 Å². The van der Waals surface area contributed by atoms with Crippen molar-refractivity contribution in [2.24, 2.45) is 5.92 Å². The normalized spacial score (nSPS) is 20.9. The fourth-order valence-corrected chi connectivity index (χ4v) is 1.68. The van der Waals surface area contributed by atoms with Crippen molar-refractivity contribution in [2.75, 3.05) is 6.54 Å². The third-order valence-corrected chi connectivity index (χ3v) is 2.43. The van der Waals surface area contributed by atoms with Gasteiger partial charge in [-0.2, -0.15) is 0 Å². The lowest BCUT2D eigenvalue weighted by molar-refractivity contribution is -0.155. The number of carbonyl (C=O) groups is 3. The number of carbonyl (C=O) groups excluding carboxylic acids is 3. The van der Waals surface area contributed by atoms with Gasteiger partial charge in [0.15, 0.2) is 0 Å². The molecular formula is C12H19NO4. The van der Waals surface area contributed by atoms with Crippen molar-refractivity contribution in [3.05, 3.63) is 0 Å². The van der Waals surface area contributed by atoms with Crippen molar-refractivity contribution < 1.29 is 19.1 Å². The second-order valence-corrected chi connectivity index (χ2v) is 5.33. The molecule has 0 radical (unpaired) electrons. The third kappa shape index (κ3) is 3.84. The minimum Gasteiger partial charge on any atom is -0.460 e. The highest BCUT2D eigenvalue weighted by Crippen LogP contribution is 2.19. The predicted octanol–water partition coefficient (Wildman–Crippen LogP) is 1.11. The summed E-state index contributed by atoms with van der Waals surface area (Å²) in [6.45, 7) is 7.17. The highest BCUT2D eigenvalue weighted by Gasteiger charge is 2.35. The molecular weight excluding hydrogens is 222 g/mol. The van der Waals surface area contributed by atoms with Crippen LogP contribution in [0.4, 0.5) is 0 Å². The third-order valence-electron chi connectivity index (χ3n) is 2.43. The van der Waals surface area contributed by atoms with Crippen LogP contribution >= 0.6 is 0 Å². The van der Waals surface area contributed by atoms with Gasteiger partial charge < -0.3 is 4.74 Å². The molecule has 1 atom stereocenters. The van der Waals surface area contributed by atoms with E-state index < -0.39 is 11.6 Å². The summed E-state index contributed by atoms with van der Waals surface area (Å²) in [5, 5.41) is 0. The molecule has 0 aliphatic carbocycles. The van der Waals surface area contributed by atoms with Crippen molar-refractivity contribution in [1.29, 1.82) is 0 Å². The van der Waals surface area contributed by atoms with Crippen LogP contribution in [-0.4, -0.2) is 34.8 Å². The maximum Gasteiger partial charge on any atom is 0.308 e. The number of hydrogen-bond acceptors (Lipinski definition) is 4. The van der Waals surface area contributed by atoms with Crippen molar-refractivity contribution >= 4 is 17.8 Å². The highest BCUT2D eigenvalue weighted by molar-refractivity contribution is 6.03. The van der Waals surface area contributed by atoms with Crippen molar-refractivity contribution in [1.82, 2.24) is 4.90 Å². The molecule has 0 aromatic carbocycles. The predicted molar refractivity (Wildman–Crippen MR) is 61.0 cm³/mol. The van der Waals surface area contributed by atoms with Crippen LogP contribution in [0.25, 0.3) is 0 Å². The molecule has 96 valence electrons. The minimum absolute atomic E-state index is 0.0570. The fourth-order valence-electron chi connectivity index (χ4n) is 1.68. The lowest BCUT2D eigenvalue weighted by Gasteiger charge is -2.20. The summed E-state index contributed by atoms with van der Waals surface area (Å²) in [5.74, 6) is -1.05. The summed E-state index contributed by atoms with van der Waals surface area (Å²) in [4.78, 5) is 35.6. The molecule has 0 aromatic heterocycles. The molecule has 0 bridgehead atoms. The number of rotatable bonds is 3. The van der Waals surface area contributed by atoms with E-state index in [2.05, 4.69) is 0 Å². The molecule has 5 nitrogen and oxygen atoms in total. The Morgan fingerprint density at radius 1 is 1.41 bits per heavy atom. The monoisotopic (exact) mass is 241 g/mol. The lowest BCUT2D eigenvalue weighted by atomic mass is 10.1. The molecule has 0 N–H and O–H groups in total. The van der Waals surface area contributed by atoms with E-state index in [1.165, 1.54) is 0 Å². The summed E-state index contributed by atoms with van der Waals surface area (Å²) in [6, 6.07) is 0. The van der Waals surface area contributed by atoms with Gasteiger partial charge in [-0.3, -0.25) is 19.3 Å². The van der Waals surface area contributed by atoms with Gasteiger partial charge in [-0.1, -0.05) is 6.92 Å². The molecule has 1 aliphatic heterocycles. The standard InChI is InChI=1S/C12H19NO4/c1-8-7-9(14)13(11(8)16)6-5-10(15)17-12(2,3)4/h8H,5-7H2,1-4H3. The molecule has 17 heavy (non-hydrogen) atoms. The summed E-state index contributed by atoms with van der Waals surface area (Å²) < 4.78 is 5.11. The van der Waals surface area contributed by atoms with Crippen LogP contribution in [0, 0.1) is 5.92 Å². The van der Waals surface area contributed by atoms with Gasteiger partial charge in [0, 0.05) is 18.9 Å². The maximum absolute atomic E-state index is 11.6. The Balaban J connectivity index is 2.44. The SMILES string of the molecule is CC1CC(=O)N(CCC(=O)OC(C)(C)C)C1=O. The number of nitrogens with zero attached hydrogens (tertiary/aromatic N) is 1. The van der Waals surface area contributed by atoms with Crippen LogP contribution in [0.3, 0.4) is 0 Å². The molecule has 1 saturated heterocycles. The Labute approximate surface area is 101 Å². The first-order valence-corrected chi connectivity index (χ1v) is 5.77. The summed E-state index contributed by atoms with van der Waals surface area (Å²) in [7, 11) is 0. The molecule has 0 spiro atoms. The van der Waals surface area contributed by atoms with Crippen LogP contribution < -0.4 is 0 Å². The zero-order chi connectivity index (χ0) is 13.2. The first-order valence-electron chi connectivity index (χ1n) is 5.77. The number of likely N-dealkylation sites (tertiary alicyclic amines) is 1. The van der Waals surface area contributed by atoms with Crippen molar-refractivity contribution in [3.63, 3.8) is 0 Å².